The van der Waals surface area contributed by atoms with Crippen molar-refractivity contribution in [3.63, 3.8) is 0 Å². The van der Waals surface area contributed by atoms with Crippen LogP contribution in [0.15, 0.2) is 36.5 Å². The molecule has 0 bridgehead atoms. The minimum absolute atomic E-state index is 0.0792. The van der Waals surface area contributed by atoms with Crippen molar-refractivity contribution in [3.8, 4) is 5.75 Å². The molecule has 140 valence electrons. The summed E-state index contributed by atoms with van der Waals surface area (Å²) in [6.07, 6.45) is 7.81. The van der Waals surface area contributed by atoms with E-state index in [2.05, 4.69) is 18.0 Å². The molecule has 0 aliphatic heterocycles. The Morgan fingerprint density at radius 3 is 2.89 bits per heavy atom. The molecule has 5 rings (SSSR count). The summed E-state index contributed by atoms with van der Waals surface area (Å²) >= 11 is 0. The zero-order valence-electron chi connectivity index (χ0n) is 15.7. The number of ether oxygens (including phenoxy) is 1. The van der Waals surface area contributed by atoms with Crippen molar-refractivity contribution in [2.24, 2.45) is 17.3 Å². The second kappa shape index (κ2) is 6.08. The summed E-state index contributed by atoms with van der Waals surface area (Å²) in [6, 6.07) is 9.63. The first kappa shape index (κ1) is 16.8. The van der Waals surface area contributed by atoms with Crippen LogP contribution in [0.2, 0.25) is 0 Å². The number of carbonyl (C=O) groups is 2. The number of aromatic nitrogens is 1. The Kier molecular flexibility index (Phi) is 3.78. The van der Waals surface area contributed by atoms with Gasteiger partial charge in [0.05, 0.1) is 0 Å². The molecule has 4 atom stereocenters. The highest BCUT2D eigenvalue weighted by Crippen LogP contribution is 2.59. The first-order valence-corrected chi connectivity index (χ1v) is 10.1. The highest BCUT2D eigenvalue weighted by atomic mass is 16.5. The van der Waals surface area contributed by atoms with Gasteiger partial charge in [0, 0.05) is 18.0 Å². The number of carbonyl (C=O) groups excluding carboxylic acids is 2. The Morgan fingerprint density at radius 2 is 2.07 bits per heavy atom. The van der Waals surface area contributed by atoms with Gasteiger partial charge in [0.2, 0.25) is 0 Å². The summed E-state index contributed by atoms with van der Waals surface area (Å²) in [5.41, 5.74) is 3.10. The average molecular weight is 363 g/mol. The van der Waals surface area contributed by atoms with Crippen LogP contribution in [0.4, 0.5) is 0 Å². The topological polar surface area (TPSA) is 59.2 Å². The molecule has 4 nitrogen and oxygen atoms in total. The van der Waals surface area contributed by atoms with Gasteiger partial charge in [-0.2, -0.15) is 0 Å². The Balaban J connectivity index is 1.39. The molecule has 1 aromatic carbocycles. The molecular formula is C23H25NO3. The highest BCUT2D eigenvalue weighted by Gasteiger charge is 2.54. The van der Waals surface area contributed by atoms with Gasteiger partial charge in [0.1, 0.15) is 17.2 Å². The van der Waals surface area contributed by atoms with Gasteiger partial charge >= 0.3 is 5.97 Å². The van der Waals surface area contributed by atoms with Gasteiger partial charge in [-0.25, -0.2) is 4.79 Å². The quantitative estimate of drug-likeness (QED) is 0.624. The number of aryl methyl sites for hydroxylation is 1. The Bertz CT molecular complexity index is 900. The van der Waals surface area contributed by atoms with Crippen molar-refractivity contribution in [2.75, 3.05) is 0 Å². The molecule has 1 N–H and O–H groups in total. The molecule has 27 heavy (non-hydrogen) atoms. The molecule has 1 heterocycles. The van der Waals surface area contributed by atoms with E-state index >= 15 is 0 Å². The number of hydrogen-bond donors (Lipinski definition) is 1. The van der Waals surface area contributed by atoms with Gasteiger partial charge in [0.15, 0.2) is 0 Å². The van der Waals surface area contributed by atoms with Crippen molar-refractivity contribution in [1.82, 2.24) is 4.98 Å². The smallest absolute Gasteiger partial charge is 0.360 e. The number of ketones is 1. The Labute approximate surface area is 159 Å². The number of nitrogens with one attached hydrogen (secondary N) is 1. The minimum atomic E-state index is -0.355. The predicted molar refractivity (Wildman–Crippen MR) is 102 cm³/mol. The van der Waals surface area contributed by atoms with Crippen molar-refractivity contribution in [2.45, 2.75) is 51.4 Å². The van der Waals surface area contributed by atoms with E-state index in [1.54, 1.807) is 18.3 Å². The molecule has 3 aliphatic rings. The SMILES string of the molecule is C[C@]12CC[C@@H]3c4ccc(OC(=O)c5ccc[nH]5)cc4CC[C@H]3[C@@H]1CCC2=O. The van der Waals surface area contributed by atoms with Crippen LogP contribution in [0.5, 0.6) is 5.75 Å². The zero-order chi connectivity index (χ0) is 18.6. The van der Waals surface area contributed by atoms with Crippen molar-refractivity contribution < 1.29 is 14.3 Å². The highest BCUT2D eigenvalue weighted by molar-refractivity contribution is 5.89. The average Bonchev–Trinajstić information content (AvgIpc) is 3.30. The van der Waals surface area contributed by atoms with Crippen LogP contribution in [0.3, 0.4) is 0 Å². The minimum Gasteiger partial charge on any atom is -0.422 e. The van der Waals surface area contributed by atoms with Crippen LogP contribution in [-0.4, -0.2) is 16.7 Å². The maximum Gasteiger partial charge on any atom is 0.360 e. The van der Waals surface area contributed by atoms with E-state index < -0.39 is 0 Å². The van der Waals surface area contributed by atoms with E-state index in [1.165, 1.54) is 11.1 Å². The van der Waals surface area contributed by atoms with Crippen LogP contribution >= 0.6 is 0 Å². The van der Waals surface area contributed by atoms with Gasteiger partial charge in [-0.1, -0.05) is 13.0 Å². The third-order valence-electron chi connectivity index (χ3n) is 7.44. The Hall–Kier alpha value is -2.36. The molecule has 0 radical (unpaired) electrons. The van der Waals surface area contributed by atoms with Crippen molar-refractivity contribution >= 4 is 11.8 Å². The Morgan fingerprint density at radius 1 is 1.19 bits per heavy atom. The summed E-state index contributed by atoms with van der Waals surface area (Å²) in [6.45, 7) is 2.21. The fourth-order valence-electron chi connectivity index (χ4n) is 6.01. The fourth-order valence-corrected chi connectivity index (χ4v) is 6.01. The molecule has 2 aromatic rings. The van der Waals surface area contributed by atoms with E-state index in [1.807, 2.05) is 12.1 Å². The zero-order valence-corrected chi connectivity index (χ0v) is 15.7. The number of rotatable bonds is 2. The standard InChI is InChI=1S/C23H25NO3/c1-23-11-10-17-16-7-5-15(27-22(26)20-3-2-12-24-20)13-14(16)4-6-18(17)19(23)8-9-21(23)25/h2-3,5,7,12-13,17-19,24H,4,6,8-11H2,1H3/t17-,18-,19+,23+/m1/s1. The first-order valence-electron chi connectivity index (χ1n) is 10.1. The third-order valence-corrected chi connectivity index (χ3v) is 7.44. The van der Waals surface area contributed by atoms with Gasteiger partial charge in [-0.3, -0.25) is 4.79 Å². The van der Waals surface area contributed by atoms with E-state index in [0.717, 1.165) is 38.5 Å². The van der Waals surface area contributed by atoms with Crippen molar-refractivity contribution in [1.29, 1.82) is 0 Å². The second-order valence-corrected chi connectivity index (χ2v) is 8.67. The van der Waals surface area contributed by atoms with Gasteiger partial charge in [0.25, 0.3) is 0 Å². The molecule has 1 aromatic heterocycles. The number of Topliss-reactive ketones (excluding diaryl/α,β-unsaturated/α-hetero) is 1. The monoisotopic (exact) mass is 363 g/mol. The molecule has 3 aliphatic carbocycles. The molecule has 0 unspecified atom stereocenters. The lowest BCUT2D eigenvalue weighted by atomic mass is 9.55. The maximum atomic E-state index is 12.4. The molecule has 0 saturated heterocycles. The van der Waals surface area contributed by atoms with Crippen LogP contribution in [-0.2, 0) is 11.2 Å². The number of fused-ring (bicyclic) bond motifs is 5. The molecule has 2 saturated carbocycles. The largest absolute Gasteiger partial charge is 0.422 e. The van der Waals surface area contributed by atoms with Gasteiger partial charge < -0.3 is 9.72 Å². The number of H-pyrrole nitrogens is 1. The van der Waals surface area contributed by atoms with E-state index in [-0.39, 0.29) is 11.4 Å². The number of aromatic amines is 1. The van der Waals surface area contributed by atoms with Gasteiger partial charge in [-0.05, 0) is 85.3 Å². The second-order valence-electron chi connectivity index (χ2n) is 8.67. The number of benzene rings is 1. The lowest BCUT2D eigenvalue weighted by molar-refractivity contribution is -0.129. The third kappa shape index (κ3) is 2.57. The number of esters is 1. The maximum absolute atomic E-state index is 12.4. The van der Waals surface area contributed by atoms with Crippen LogP contribution in [0.1, 0.15) is 66.6 Å². The molecule has 0 amide bonds. The lowest BCUT2D eigenvalue weighted by Crippen LogP contribution is -2.42. The lowest BCUT2D eigenvalue weighted by Gasteiger charge is -2.48. The molecule has 0 spiro atoms. The summed E-state index contributed by atoms with van der Waals surface area (Å²) in [4.78, 5) is 27.5. The summed E-state index contributed by atoms with van der Waals surface area (Å²) in [5.74, 6) is 2.46. The van der Waals surface area contributed by atoms with E-state index in [0.29, 0.717) is 35.0 Å². The first-order chi connectivity index (χ1) is 13.1. The van der Waals surface area contributed by atoms with Gasteiger partial charge in [-0.15, -0.1) is 0 Å². The van der Waals surface area contributed by atoms with E-state index in [9.17, 15) is 9.59 Å². The van der Waals surface area contributed by atoms with Crippen molar-refractivity contribution in [3.05, 3.63) is 53.3 Å². The number of hydrogen-bond acceptors (Lipinski definition) is 3. The summed E-state index contributed by atoms with van der Waals surface area (Å²) in [7, 11) is 0. The molecule has 4 heteroatoms. The summed E-state index contributed by atoms with van der Waals surface area (Å²) in [5, 5.41) is 0. The fraction of sp³-hybridized carbons (Fsp3) is 0.478. The van der Waals surface area contributed by atoms with Crippen LogP contribution < -0.4 is 4.74 Å². The molecular weight excluding hydrogens is 338 g/mol. The predicted octanol–water partition coefficient (Wildman–Crippen LogP) is 4.66. The van der Waals surface area contributed by atoms with E-state index in [4.69, 9.17) is 4.74 Å². The van der Waals surface area contributed by atoms with Crippen LogP contribution in [0.25, 0.3) is 0 Å². The normalized spacial score (nSPS) is 31.7. The summed E-state index contributed by atoms with van der Waals surface area (Å²) < 4.78 is 5.55. The molecule has 2 fully saturated rings. The van der Waals surface area contributed by atoms with Crippen LogP contribution in [0, 0.1) is 17.3 Å².